The first-order valence-electron chi connectivity index (χ1n) is 10.9. The summed E-state index contributed by atoms with van der Waals surface area (Å²) in [5, 5.41) is 6.90. The molecule has 27 heavy (non-hydrogen) atoms. The Balaban J connectivity index is 0.00000364. The fourth-order valence-corrected chi connectivity index (χ4v) is 3.94. The molecular weight excluding hydrogens is 453 g/mol. The second kappa shape index (κ2) is 15.8. The van der Waals surface area contributed by atoms with Gasteiger partial charge >= 0.3 is 0 Å². The molecule has 1 atom stereocenters. The van der Waals surface area contributed by atoms with Crippen molar-refractivity contribution in [3.8, 4) is 0 Å². The Labute approximate surface area is 183 Å². The number of morpholine rings is 1. The van der Waals surface area contributed by atoms with Crippen LogP contribution >= 0.6 is 24.0 Å². The summed E-state index contributed by atoms with van der Waals surface area (Å²) < 4.78 is 5.40. The molecule has 0 aromatic carbocycles. The molecule has 0 radical (unpaired) electrons. The molecule has 160 valence electrons. The molecule has 0 spiro atoms. The Kier molecular flexibility index (Phi) is 14.5. The lowest BCUT2D eigenvalue weighted by molar-refractivity contribution is 0.0373. The third-order valence-corrected chi connectivity index (χ3v) is 5.51. The fraction of sp³-hybridized carbons (Fsp3) is 0.950. The summed E-state index contributed by atoms with van der Waals surface area (Å²) in [7, 11) is 0. The molecule has 2 heterocycles. The zero-order valence-corrected chi connectivity index (χ0v) is 19.9. The number of piperidine rings is 1. The molecule has 2 fully saturated rings. The number of halogens is 1. The zero-order valence-electron chi connectivity index (χ0n) is 17.5. The van der Waals surface area contributed by atoms with E-state index in [0.717, 1.165) is 70.9 Å². The van der Waals surface area contributed by atoms with Crippen molar-refractivity contribution in [1.82, 2.24) is 20.4 Å². The third kappa shape index (κ3) is 10.3. The highest BCUT2D eigenvalue weighted by molar-refractivity contribution is 14.0. The van der Waals surface area contributed by atoms with Crippen LogP contribution in [0.2, 0.25) is 0 Å². The number of ether oxygens (including phenoxy) is 1. The minimum Gasteiger partial charge on any atom is -0.379 e. The van der Waals surface area contributed by atoms with Crippen molar-refractivity contribution < 1.29 is 4.74 Å². The molecule has 2 rings (SSSR count). The van der Waals surface area contributed by atoms with Gasteiger partial charge in [0.15, 0.2) is 5.96 Å². The molecule has 0 aliphatic carbocycles. The Bertz CT molecular complexity index is 391. The first-order chi connectivity index (χ1) is 12.8. The van der Waals surface area contributed by atoms with Crippen LogP contribution in [0.1, 0.15) is 52.4 Å². The van der Waals surface area contributed by atoms with E-state index in [4.69, 9.17) is 9.73 Å². The van der Waals surface area contributed by atoms with Crippen LogP contribution in [0.15, 0.2) is 4.99 Å². The minimum atomic E-state index is 0. The lowest BCUT2D eigenvalue weighted by atomic mass is 10.0. The molecule has 0 amide bonds. The maximum Gasteiger partial charge on any atom is 0.191 e. The van der Waals surface area contributed by atoms with Crippen LogP contribution in [-0.4, -0.2) is 87.4 Å². The van der Waals surface area contributed by atoms with Gasteiger partial charge in [0.05, 0.1) is 13.2 Å². The highest BCUT2D eigenvalue weighted by atomic mass is 127. The summed E-state index contributed by atoms with van der Waals surface area (Å²) in [5.41, 5.74) is 0. The average molecular weight is 495 g/mol. The molecule has 0 aromatic rings. The van der Waals surface area contributed by atoms with Crippen LogP contribution in [0.25, 0.3) is 0 Å². The fourth-order valence-electron chi connectivity index (χ4n) is 3.94. The second-order valence-corrected chi connectivity index (χ2v) is 7.44. The quantitative estimate of drug-likeness (QED) is 0.211. The van der Waals surface area contributed by atoms with Crippen LogP contribution in [0.5, 0.6) is 0 Å². The standard InChI is InChI=1S/C20H41N5O.HI/c1-3-19-9-5-7-13-25(19)14-11-23-20(21-4-2)22-10-6-8-12-24-15-17-26-18-16-24;/h19H,3-18H2,1-2H3,(H2,21,22,23);1H. The van der Waals surface area contributed by atoms with E-state index in [9.17, 15) is 0 Å². The van der Waals surface area contributed by atoms with Crippen LogP contribution in [-0.2, 0) is 4.74 Å². The topological polar surface area (TPSA) is 52.1 Å². The van der Waals surface area contributed by atoms with Gasteiger partial charge in [0.1, 0.15) is 0 Å². The predicted octanol–water partition coefficient (Wildman–Crippen LogP) is 2.54. The second-order valence-electron chi connectivity index (χ2n) is 7.44. The maximum atomic E-state index is 5.40. The molecule has 2 aliphatic heterocycles. The predicted molar refractivity (Wildman–Crippen MR) is 125 cm³/mol. The van der Waals surface area contributed by atoms with Gasteiger partial charge in [0.25, 0.3) is 0 Å². The van der Waals surface area contributed by atoms with E-state index in [1.807, 2.05) is 0 Å². The van der Waals surface area contributed by atoms with Gasteiger partial charge in [-0.1, -0.05) is 13.3 Å². The highest BCUT2D eigenvalue weighted by Gasteiger charge is 2.19. The van der Waals surface area contributed by atoms with E-state index in [2.05, 4.69) is 34.3 Å². The number of aliphatic imine (C=N–C) groups is 1. The number of rotatable bonds is 10. The molecule has 0 bridgehead atoms. The SMILES string of the molecule is CCNC(=NCCCCN1CCOCC1)NCCN1CCCCC1CC.I. The van der Waals surface area contributed by atoms with Crippen LogP contribution in [0.4, 0.5) is 0 Å². The summed E-state index contributed by atoms with van der Waals surface area (Å²) in [6.45, 7) is 14.8. The van der Waals surface area contributed by atoms with Gasteiger partial charge in [-0.3, -0.25) is 14.8 Å². The monoisotopic (exact) mass is 495 g/mol. The number of nitrogens with one attached hydrogen (secondary N) is 2. The maximum absolute atomic E-state index is 5.40. The Hall–Kier alpha value is -0.120. The Morgan fingerprint density at radius 2 is 1.85 bits per heavy atom. The molecule has 2 N–H and O–H groups in total. The molecule has 7 heteroatoms. The van der Waals surface area contributed by atoms with Gasteiger partial charge in [0.2, 0.25) is 0 Å². The first kappa shape index (κ1) is 24.9. The molecular formula is C20H42IN5O. The number of likely N-dealkylation sites (tertiary alicyclic amines) is 1. The van der Waals surface area contributed by atoms with Gasteiger partial charge in [0, 0.05) is 45.3 Å². The van der Waals surface area contributed by atoms with Gasteiger partial charge in [-0.15, -0.1) is 24.0 Å². The van der Waals surface area contributed by atoms with Crippen LogP contribution in [0.3, 0.4) is 0 Å². The highest BCUT2D eigenvalue weighted by Crippen LogP contribution is 2.18. The van der Waals surface area contributed by atoms with E-state index in [-0.39, 0.29) is 24.0 Å². The summed E-state index contributed by atoms with van der Waals surface area (Å²) in [6.07, 6.45) is 7.77. The smallest absolute Gasteiger partial charge is 0.191 e. The number of unbranched alkanes of at least 4 members (excludes halogenated alkanes) is 1. The zero-order chi connectivity index (χ0) is 18.5. The normalized spacial score (nSPS) is 22.3. The van der Waals surface area contributed by atoms with Crippen molar-refractivity contribution in [1.29, 1.82) is 0 Å². The van der Waals surface area contributed by atoms with Crippen molar-refractivity contribution in [3.05, 3.63) is 0 Å². The van der Waals surface area contributed by atoms with Gasteiger partial charge in [-0.2, -0.15) is 0 Å². The summed E-state index contributed by atoms with van der Waals surface area (Å²) in [5.74, 6) is 0.976. The number of guanidine groups is 1. The van der Waals surface area contributed by atoms with Gasteiger partial charge in [-0.05, 0) is 52.1 Å². The number of hydrogen-bond donors (Lipinski definition) is 2. The van der Waals surface area contributed by atoms with Crippen molar-refractivity contribution in [3.63, 3.8) is 0 Å². The van der Waals surface area contributed by atoms with E-state index in [1.165, 1.54) is 45.2 Å². The number of nitrogens with zero attached hydrogens (tertiary/aromatic N) is 3. The molecule has 0 aromatic heterocycles. The minimum absolute atomic E-state index is 0. The summed E-state index contributed by atoms with van der Waals surface area (Å²) in [4.78, 5) is 9.91. The van der Waals surface area contributed by atoms with E-state index in [0.29, 0.717) is 0 Å². The number of hydrogen-bond acceptors (Lipinski definition) is 4. The van der Waals surface area contributed by atoms with Crippen molar-refractivity contribution >= 4 is 29.9 Å². The lowest BCUT2D eigenvalue weighted by Gasteiger charge is -2.35. The van der Waals surface area contributed by atoms with E-state index >= 15 is 0 Å². The lowest BCUT2D eigenvalue weighted by Crippen LogP contribution is -2.46. The van der Waals surface area contributed by atoms with E-state index in [1.54, 1.807) is 0 Å². The molecule has 6 nitrogen and oxygen atoms in total. The largest absolute Gasteiger partial charge is 0.379 e. The molecule has 0 saturated carbocycles. The van der Waals surface area contributed by atoms with Gasteiger partial charge in [-0.25, -0.2) is 0 Å². The van der Waals surface area contributed by atoms with Crippen LogP contribution in [0, 0.1) is 0 Å². The summed E-state index contributed by atoms with van der Waals surface area (Å²) in [6, 6.07) is 0.783. The van der Waals surface area contributed by atoms with Crippen molar-refractivity contribution in [2.24, 2.45) is 4.99 Å². The molecule has 1 unspecified atom stereocenters. The van der Waals surface area contributed by atoms with Crippen molar-refractivity contribution in [2.75, 3.05) is 65.6 Å². The Morgan fingerprint density at radius 3 is 2.59 bits per heavy atom. The Morgan fingerprint density at radius 1 is 1.04 bits per heavy atom. The van der Waals surface area contributed by atoms with Gasteiger partial charge < -0.3 is 15.4 Å². The van der Waals surface area contributed by atoms with E-state index < -0.39 is 0 Å². The third-order valence-electron chi connectivity index (χ3n) is 5.51. The first-order valence-corrected chi connectivity index (χ1v) is 10.9. The molecule has 2 saturated heterocycles. The van der Waals surface area contributed by atoms with Crippen molar-refractivity contribution in [2.45, 2.75) is 58.4 Å². The molecule has 2 aliphatic rings. The average Bonchev–Trinajstić information content (AvgIpc) is 2.69. The van der Waals surface area contributed by atoms with Crippen LogP contribution < -0.4 is 10.6 Å². The summed E-state index contributed by atoms with van der Waals surface area (Å²) >= 11 is 0.